The Balaban J connectivity index is 1.57. The van der Waals surface area contributed by atoms with Crippen molar-refractivity contribution in [2.45, 2.75) is 43.1 Å². The van der Waals surface area contributed by atoms with Gasteiger partial charge in [0.25, 0.3) is 0 Å². The summed E-state index contributed by atoms with van der Waals surface area (Å²) in [7, 11) is 0. The molecule has 7 nitrogen and oxygen atoms in total. The number of carbonyl (C=O) groups is 1. The first-order valence-electron chi connectivity index (χ1n) is 9.37. The maximum Gasteiger partial charge on any atom is 0.433 e. The summed E-state index contributed by atoms with van der Waals surface area (Å²) in [4.78, 5) is 16.9. The number of carbonyl (C=O) groups excluding carboxylic acids is 1. The van der Waals surface area contributed by atoms with E-state index in [1.807, 2.05) is 0 Å². The van der Waals surface area contributed by atoms with Crippen LogP contribution < -0.4 is 10.2 Å². The topological polar surface area (TPSA) is 94.1 Å². The van der Waals surface area contributed by atoms with Crippen LogP contribution in [0.4, 0.5) is 38.0 Å². The molecule has 1 amide bonds. The zero-order valence-corrected chi connectivity index (χ0v) is 15.8. The summed E-state index contributed by atoms with van der Waals surface area (Å²) in [5.41, 5.74) is -4.84. The van der Waals surface area contributed by atoms with Crippen molar-refractivity contribution < 1.29 is 36.2 Å². The summed E-state index contributed by atoms with van der Waals surface area (Å²) in [5.74, 6) is -1.72. The Hall–Kier alpha value is -2.83. The smallest absolute Gasteiger partial charge is 0.376 e. The predicted molar refractivity (Wildman–Crippen MR) is 95.2 cm³/mol. The van der Waals surface area contributed by atoms with Crippen molar-refractivity contribution in [2.24, 2.45) is 0 Å². The Kier molecular flexibility index (Phi) is 4.91. The molecular weight excluding hydrogens is 432 g/mol. The molecule has 0 aliphatic carbocycles. The van der Waals surface area contributed by atoms with Crippen molar-refractivity contribution in [1.82, 2.24) is 15.2 Å². The second-order valence-electron chi connectivity index (χ2n) is 7.58. The van der Waals surface area contributed by atoms with Crippen LogP contribution in [-0.2, 0) is 16.6 Å². The molecule has 0 aromatic carbocycles. The van der Waals surface area contributed by atoms with E-state index in [4.69, 9.17) is 0 Å². The van der Waals surface area contributed by atoms with Crippen molar-refractivity contribution in [3.8, 4) is 0 Å². The van der Waals surface area contributed by atoms with Crippen molar-refractivity contribution >= 4 is 17.5 Å². The number of halogens is 6. The third-order valence-electron chi connectivity index (χ3n) is 5.60. The molecule has 168 valence electrons. The van der Waals surface area contributed by atoms with Gasteiger partial charge in [-0.3, -0.25) is 9.89 Å². The number of rotatable bonds is 2. The number of nitrogens with one attached hydrogen (secondary N) is 2. The Morgan fingerprint density at radius 3 is 2.42 bits per heavy atom. The number of piperidine rings is 1. The van der Waals surface area contributed by atoms with Crippen molar-refractivity contribution in [3.05, 3.63) is 35.2 Å². The van der Waals surface area contributed by atoms with Gasteiger partial charge in [0.15, 0.2) is 11.4 Å². The summed E-state index contributed by atoms with van der Waals surface area (Å²) in [6.45, 7) is 0.479. The van der Waals surface area contributed by atoms with Crippen molar-refractivity contribution in [1.29, 1.82) is 0 Å². The quantitative estimate of drug-likeness (QED) is 0.612. The second-order valence-corrected chi connectivity index (χ2v) is 7.58. The van der Waals surface area contributed by atoms with E-state index in [1.54, 1.807) is 4.90 Å². The van der Waals surface area contributed by atoms with Gasteiger partial charge in [-0.25, -0.2) is 4.98 Å². The number of nitrogens with zero attached hydrogens (tertiary/aromatic N) is 3. The van der Waals surface area contributed by atoms with Gasteiger partial charge in [-0.15, -0.1) is 0 Å². The molecule has 2 aliphatic heterocycles. The largest absolute Gasteiger partial charge is 0.433 e. The van der Waals surface area contributed by atoms with Gasteiger partial charge in [-0.1, -0.05) is 6.07 Å². The van der Waals surface area contributed by atoms with Gasteiger partial charge in [0.1, 0.15) is 11.5 Å². The molecular formula is C18H17F6N5O2. The first kappa shape index (κ1) is 21.4. The molecule has 1 fully saturated rings. The molecule has 0 bridgehead atoms. The van der Waals surface area contributed by atoms with Gasteiger partial charge in [0.2, 0.25) is 5.91 Å². The van der Waals surface area contributed by atoms with Gasteiger partial charge in [0.05, 0.1) is 12.0 Å². The van der Waals surface area contributed by atoms with Gasteiger partial charge in [-0.05, 0) is 25.0 Å². The number of aromatic nitrogens is 3. The van der Waals surface area contributed by atoms with Gasteiger partial charge < -0.3 is 15.3 Å². The van der Waals surface area contributed by atoms with Crippen LogP contribution in [0.1, 0.15) is 42.1 Å². The Labute approximate surface area is 171 Å². The van der Waals surface area contributed by atoms with E-state index in [1.165, 1.54) is 12.1 Å². The lowest BCUT2D eigenvalue weighted by atomic mass is 9.81. The SMILES string of the molecule is O=C1CC(O)(C(F)(F)F)c2c(n[nH]c2C2CCN(c3cccc(C(F)(F)F)n3)CC2)N1. The Bertz CT molecular complexity index is 996. The zero-order chi connectivity index (χ0) is 22.6. The van der Waals surface area contributed by atoms with E-state index in [0.29, 0.717) is 0 Å². The molecule has 1 saturated heterocycles. The van der Waals surface area contributed by atoms with Gasteiger partial charge >= 0.3 is 12.4 Å². The highest BCUT2D eigenvalue weighted by molar-refractivity contribution is 5.94. The molecule has 2 aromatic heterocycles. The summed E-state index contributed by atoms with van der Waals surface area (Å²) in [6.07, 6.45) is -10.3. The summed E-state index contributed by atoms with van der Waals surface area (Å²) in [6, 6.07) is 3.54. The molecule has 4 rings (SSSR count). The molecule has 2 aliphatic rings. The fraction of sp³-hybridized carbons (Fsp3) is 0.500. The number of aliphatic hydroxyl groups is 1. The molecule has 3 N–H and O–H groups in total. The van der Waals surface area contributed by atoms with E-state index in [-0.39, 0.29) is 43.3 Å². The number of pyridine rings is 1. The summed E-state index contributed by atoms with van der Waals surface area (Å²) < 4.78 is 79.6. The Morgan fingerprint density at radius 2 is 1.81 bits per heavy atom. The minimum absolute atomic E-state index is 0.0616. The molecule has 4 heterocycles. The van der Waals surface area contributed by atoms with E-state index < -0.39 is 47.5 Å². The molecule has 1 unspecified atom stereocenters. The van der Waals surface area contributed by atoms with E-state index in [0.717, 1.165) is 6.07 Å². The Morgan fingerprint density at radius 1 is 1.13 bits per heavy atom. The number of alkyl halides is 6. The molecule has 2 aromatic rings. The van der Waals surface area contributed by atoms with E-state index >= 15 is 0 Å². The lowest BCUT2D eigenvalue weighted by molar-refractivity contribution is -0.267. The van der Waals surface area contributed by atoms with E-state index in [9.17, 15) is 36.2 Å². The minimum Gasteiger partial charge on any atom is -0.376 e. The summed E-state index contributed by atoms with van der Waals surface area (Å²) >= 11 is 0. The van der Waals surface area contributed by atoms with Gasteiger partial charge in [0, 0.05) is 24.7 Å². The third kappa shape index (κ3) is 3.70. The fourth-order valence-electron chi connectivity index (χ4n) is 4.05. The number of hydrogen-bond acceptors (Lipinski definition) is 5. The normalized spacial score (nSPS) is 22.9. The molecule has 13 heteroatoms. The van der Waals surface area contributed by atoms with Crippen LogP contribution in [0.3, 0.4) is 0 Å². The summed E-state index contributed by atoms with van der Waals surface area (Å²) in [5, 5.41) is 18.9. The number of hydrogen-bond donors (Lipinski definition) is 3. The number of aromatic amines is 1. The first-order valence-corrected chi connectivity index (χ1v) is 9.37. The number of fused-ring (bicyclic) bond motifs is 1. The lowest BCUT2D eigenvalue weighted by Gasteiger charge is -2.37. The zero-order valence-electron chi connectivity index (χ0n) is 15.8. The van der Waals surface area contributed by atoms with Crippen LogP contribution in [-0.4, -0.2) is 45.5 Å². The first-order chi connectivity index (χ1) is 14.4. The highest BCUT2D eigenvalue weighted by atomic mass is 19.4. The molecule has 0 spiro atoms. The number of amides is 1. The molecule has 1 atom stereocenters. The van der Waals surface area contributed by atoms with Crippen molar-refractivity contribution in [2.75, 3.05) is 23.3 Å². The average Bonchev–Trinajstić information content (AvgIpc) is 3.11. The van der Waals surface area contributed by atoms with Crippen LogP contribution in [0.5, 0.6) is 0 Å². The van der Waals surface area contributed by atoms with Crippen LogP contribution in [0.15, 0.2) is 18.2 Å². The highest BCUT2D eigenvalue weighted by Gasteiger charge is 2.61. The fourth-order valence-corrected chi connectivity index (χ4v) is 4.05. The minimum atomic E-state index is -5.10. The lowest BCUT2D eigenvalue weighted by Crippen LogP contribution is -2.49. The monoisotopic (exact) mass is 449 g/mol. The maximum absolute atomic E-state index is 13.6. The highest BCUT2D eigenvalue weighted by Crippen LogP contribution is 2.49. The van der Waals surface area contributed by atoms with E-state index in [2.05, 4.69) is 20.5 Å². The maximum atomic E-state index is 13.6. The molecule has 0 saturated carbocycles. The third-order valence-corrected chi connectivity index (χ3v) is 5.60. The molecule has 31 heavy (non-hydrogen) atoms. The molecule has 0 radical (unpaired) electrons. The van der Waals surface area contributed by atoms with Gasteiger partial charge in [-0.2, -0.15) is 31.4 Å². The van der Waals surface area contributed by atoms with Crippen molar-refractivity contribution in [3.63, 3.8) is 0 Å². The average molecular weight is 449 g/mol. The number of anilines is 2. The van der Waals surface area contributed by atoms with Crippen LogP contribution in [0.25, 0.3) is 0 Å². The standard InChI is InChI=1S/C18H17F6N5O2/c19-17(20,21)10-2-1-3-11(25-10)29-6-4-9(5-7-29)14-13-15(28-27-14)26-12(30)8-16(13,31)18(22,23)24/h1-3,9,31H,4-8H2,(H2,26,27,28,30). The predicted octanol–water partition coefficient (Wildman–Crippen LogP) is 3.30. The second kappa shape index (κ2) is 7.11. The van der Waals surface area contributed by atoms with Crippen LogP contribution in [0, 0.1) is 0 Å². The number of H-pyrrole nitrogens is 1. The van der Waals surface area contributed by atoms with Crippen LogP contribution >= 0.6 is 0 Å². The van der Waals surface area contributed by atoms with Crippen LogP contribution in [0.2, 0.25) is 0 Å².